The molecular weight excluding hydrogens is 398 g/mol. The smallest absolute Gasteiger partial charge is 0.312 e. The van der Waals surface area contributed by atoms with Crippen molar-refractivity contribution in [2.24, 2.45) is 0 Å². The van der Waals surface area contributed by atoms with Crippen molar-refractivity contribution in [3.05, 3.63) is 72.2 Å². The number of para-hydroxylation sites is 1. The van der Waals surface area contributed by atoms with Gasteiger partial charge in [0.15, 0.2) is 5.82 Å². The van der Waals surface area contributed by atoms with Crippen LogP contribution in [0, 0.1) is 0 Å². The summed E-state index contributed by atoms with van der Waals surface area (Å²) in [5.41, 5.74) is 2.99. The topological polar surface area (TPSA) is 142 Å². The molecule has 0 aliphatic carbocycles. The van der Waals surface area contributed by atoms with Gasteiger partial charge in [-0.15, -0.1) is 10.2 Å². The van der Waals surface area contributed by atoms with Crippen LogP contribution in [-0.2, 0) is 6.42 Å². The molecule has 11 nitrogen and oxygen atoms in total. The van der Waals surface area contributed by atoms with Gasteiger partial charge in [-0.05, 0) is 12.1 Å². The van der Waals surface area contributed by atoms with Crippen molar-refractivity contribution in [3.63, 3.8) is 0 Å². The van der Waals surface area contributed by atoms with Gasteiger partial charge in [-0.3, -0.25) is 9.89 Å². The number of nitrogens with one attached hydrogen (secondary N) is 2. The maximum absolute atomic E-state index is 13.4. The summed E-state index contributed by atoms with van der Waals surface area (Å²) in [5.74, 6) is 0.147. The molecule has 1 aromatic carbocycles. The van der Waals surface area contributed by atoms with Crippen molar-refractivity contribution in [3.8, 4) is 11.6 Å². The molecule has 0 saturated heterocycles. The lowest BCUT2D eigenvalue weighted by Crippen LogP contribution is -2.41. The molecule has 2 N–H and O–H groups in total. The molecular formula is C20H15N9O2. The van der Waals surface area contributed by atoms with E-state index in [0.717, 1.165) is 16.6 Å². The summed E-state index contributed by atoms with van der Waals surface area (Å²) < 4.78 is 5.61. The maximum atomic E-state index is 13.4. The first-order valence-electron chi connectivity index (χ1n) is 9.66. The van der Waals surface area contributed by atoms with E-state index in [1.54, 1.807) is 29.7 Å². The highest BCUT2D eigenvalue weighted by molar-refractivity contribution is 5.90. The van der Waals surface area contributed by atoms with E-state index in [-0.39, 0.29) is 11.8 Å². The average Bonchev–Trinajstić information content (AvgIpc) is 3.58. The predicted octanol–water partition coefficient (Wildman–Crippen LogP) is 1.91. The van der Waals surface area contributed by atoms with E-state index >= 15 is 0 Å². The molecule has 4 aromatic heterocycles. The normalized spacial score (nSPS) is 15.9. The highest BCUT2D eigenvalue weighted by Gasteiger charge is 2.38. The number of nitrogens with zero attached hydrogens (tertiary/aromatic N) is 7. The second kappa shape index (κ2) is 6.83. The molecule has 1 atom stereocenters. The minimum Gasteiger partial charge on any atom is -0.411 e. The minimum atomic E-state index is -0.574. The molecule has 0 unspecified atom stereocenters. The fraction of sp³-hybridized carbons (Fsp3) is 0.150. The summed E-state index contributed by atoms with van der Waals surface area (Å²) in [5, 5.41) is 15.4. The molecule has 31 heavy (non-hydrogen) atoms. The number of hydrogen-bond donors (Lipinski definition) is 2. The van der Waals surface area contributed by atoms with Gasteiger partial charge in [-0.1, -0.05) is 18.2 Å². The quantitative estimate of drug-likeness (QED) is 0.457. The number of rotatable bonds is 3. The molecule has 0 fully saturated rings. The Morgan fingerprint density at radius 1 is 1.16 bits per heavy atom. The van der Waals surface area contributed by atoms with Crippen LogP contribution < -0.4 is 0 Å². The molecule has 0 saturated carbocycles. The number of imidazole rings is 1. The lowest BCUT2D eigenvalue weighted by atomic mass is 10.0. The number of amides is 1. The largest absolute Gasteiger partial charge is 0.411 e. The number of aromatic nitrogens is 8. The number of carbonyl (C=O) groups is 1. The van der Waals surface area contributed by atoms with Crippen LogP contribution in [0.2, 0.25) is 0 Å². The van der Waals surface area contributed by atoms with Crippen LogP contribution in [-0.4, -0.2) is 57.7 Å². The van der Waals surface area contributed by atoms with Crippen molar-refractivity contribution >= 4 is 16.8 Å². The Morgan fingerprint density at radius 3 is 3.00 bits per heavy atom. The molecule has 1 amide bonds. The molecule has 6 rings (SSSR count). The number of H-pyrrole nitrogens is 2. The third-order valence-electron chi connectivity index (χ3n) is 5.28. The second-order valence-corrected chi connectivity index (χ2v) is 7.09. The summed E-state index contributed by atoms with van der Waals surface area (Å²) in [6.07, 6.45) is 5.56. The lowest BCUT2D eigenvalue weighted by Gasteiger charge is -2.32. The fourth-order valence-electron chi connectivity index (χ4n) is 3.79. The summed E-state index contributed by atoms with van der Waals surface area (Å²) in [4.78, 5) is 31.9. The van der Waals surface area contributed by atoms with Crippen LogP contribution in [0.25, 0.3) is 22.5 Å². The minimum absolute atomic E-state index is 0.116. The summed E-state index contributed by atoms with van der Waals surface area (Å²) >= 11 is 0. The van der Waals surface area contributed by atoms with Gasteiger partial charge in [0.2, 0.25) is 0 Å². The van der Waals surface area contributed by atoms with Gasteiger partial charge >= 0.3 is 11.8 Å². The van der Waals surface area contributed by atoms with Crippen LogP contribution in [0.15, 0.2) is 53.5 Å². The molecule has 1 aliphatic rings. The molecule has 0 bridgehead atoms. The maximum Gasteiger partial charge on any atom is 0.312 e. The number of carbonyl (C=O) groups excluding carboxylic acids is 1. The van der Waals surface area contributed by atoms with Crippen molar-refractivity contribution in [2.45, 2.75) is 12.5 Å². The summed E-state index contributed by atoms with van der Waals surface area (Å²) in [6.45, 7) is 0.427. The highest BCUT2D eigenvalue weighted by Crippen LogP contribution is 2.33. The standard InChI is InChI=1S/C20H15N9O2/c30-20(19-28-27-18(31-19)14-5-7-24-26-14)29-8-6-13-15(23-10-22-13)16(29)17-21-9-11-3-1-2-4-12(11)25-17/h1-5,7,9-10,16H,6,8H2,(H,22,23)(H,24,26)/t16-/m1/s1. The Morgan fingerprint density at radius 2 is 2.10 bits per heavy atom. The van der Waals surface area contributed by atoms with Crippen molar-refractivity contribution < 1.29 is 9.21 Å². The number of hydrogen-bond acceptors (Lipinski definition) is 8. The monoisotopic (exact) mass is 413 g/mol. The van der Waals surface area contributed by atoms with Crippen LogP contribution >= 0.6 is 0 Å². The average molecular weight is 413 g/mol. The Balaban J connectivity index is 1.42. The zero-order chi connectivity index (χ0) is 20.8. The molecule has 0 spiro atoms. The van der Waals surface area contributed by atoms with Crippen molar-refractivity contribution in [1.29, 1.82) is 0 Å². The first-order valence-corrected chi connectivity index (χ1v) is 9.66. The van der Waals surface area contributed by atoms with Gasteiger partial charge in [0.05, 0.1) is 17.5 Å². The van der Waals surface area contributed by atoms with Gasteiger partial charge in [-0.2, -0.15) is 5.10 Å². The predicted molar refractivity (Wildman–Crippen MR) is 107 cm³/mol. The van der Waals surface area contributed by atoms with Crippen molar-refractivity contribution in [2.75, 3.05) is 6.54 Å². The van der Waals surface area contributed by atoms with Gasteiger partial charge in [0.25, 0.3) is 5.89 Å². The van der Waals surface area contributed by atoms with Crippen LogP contribution in [0.4, 0.5) is 0 Å². The first kappa shape index (κ1) is 17.4. The van der Waals surface area contributed by atoms with E-state index in [0.29, 0.717) is 30.2 Å². The van der Waals surface area contributed by atoms with Gasteiger partial charge in [0.1, 0.15) is 11.7 Å². The summed E-state index contributed by atoms with van der Waals surface area (Å²) in [7, 11) is 0. The number of aromatic amines is 2. The highest BCUT2D eigenvalue weighted by atomic mass is 16.4. The van der Waals surface area contributed by atoms with E-state index in [1.165, 1.54) is 0 Å². The van der Waals surface area contributed by atoms with E-state index in [1.807, 2.05) is 24.3 Å². The Hall–Kier alpha value is -4.41. The Labute approximate surface area is 174 Å². The Bertz CT molecular complexity index is 1390. The third kappa shape index (κ3) is 2.86. The third-order valence-corrected chi connectivity index (χ3v) is 5.28. The molecule has 5 heterocycles. The van der Waals surface area contributed by atoms with E-state index in [2.05, 4.69) is 35.3 Å². The lowest BCUT2D eigenvalue weighted by molar-refractivity contribution is 0.0643. The van der Waals surface area contributed by atoms with Crippen molar-refractivity contribution in [1.82, 2.24) is 45.2 Å². The molecule has 11 heteroatoms. The molecule has 0 radical (unpaired) electrons. The summed E-state index contributed by atoms with van der Waals surface area (Å²) in [6, 6.07) is 8.81. The van der Waals surface area contributed by atoms with Gasteiger partial charge in [0, 0.05) is 36.4 Å². The Kier molecular flexibility index (Phi) is 3.85. The van der Waals surface area contributed by atoms with E-state index < -0.39 is 11.9 Å². The first-order chi connectivity index (χ1) is 15.3. The number of benzene rings is 1. The zero-order valence-corrected chi connectivity index (χ0v) is 16.1. The number of fused-ring (bicyclic) bond motifs is 2. The molecule has 1 aliphatic heterocycles. The fourth-order valence-corrected chi connectivity index (χ4v) is 3.79. The van der Waals surface area contributed by atoms with Gasteiger partial charge < -0.3 is 14.3 Å². The SMILES string of the molecule is O=C(c1nnc(-c2ccn[nH]2)o1)N1CCc2[nH]cnc2[C@@H]1c1ncc2ccccc2n1. The van der Waals surface area contributed by atoms with Crippen LogP contribution in [0.3, 0.4) is 0 Å². The second-order valence-electron chi connectivity index (χ2n) is 7.09. The van der Waals surface area contributed by atoms with Gasteiger partial charge in [-0.25, -0.2) is 15.0 Å². The zero-order valence-electron chi connectivity index (χ0n) is 16.1. The molecule has 152 valence electrons. The molecule has 5 aromatic rings. The van der Waals surface area contributed by atoms with E-state index in [9.17, 15) is 4.79 Å². The van der Waals surface area contributed by atoms with Crippen LogP contribution in [0.5, 0.6) is 0 Å². The van der Waals surface area contributed by atoms with E-state index in [4.69, 9.17) is 9.40 Å². The van der Waals surface area contributed by atoms with Crippen LogP contribution in [0.1, 0.15) is 33.9 Å².